The van der Waals surface area contributed by atoms with Crippen LogP contribution in [0.3, 0.4) is 0 Å². The fraction of sp³-hybridized carbons (Fsp3) is 0.200. The standard InChI is InChI=1S/C5H6ClN2O5PS/c6-4-1-7-5(8-2-4)15(12,13)3-14(9,10)11/h1-2H,3H2,(H2,9,10,11). The van der Waals surface area contributed by atoms with Crippen LogP contribution in [-0.2, 0) is 14.4 Å². The van der Waals surface area contributed by atoms with Gasteiger partial charge in [0.1, 0.15) is 0 Å². The molecule has 0 aromatic carbocycles. The number of hydrogen-bond donors (Lipinski definition) is 2. The lowest BCUT2D eigenvalue weighted by Crippen LogP contribution is -2.10. The number of halogens is 1. The predicted molar refractivity (Wildman–Crippen MR) is 51.1 cm³/mol. The highest BCUT2D eigenvalue weighted by Gasteiger charge is 2.28. The summed E-state index contributed by atoms with van der Waals surface area (Å²) in [5.41, 5.74) is -1.32. The second-order valence-corrected chi connectivity index (χ2v) is 6.99. The van der Waals surface area contributed by atoms with Crippen molar-refractivity contribution in [3.8, 4) is 0 Å². The van der Waals surface area contributed by atoms with Gasteiger partial charge in [-0.25, -0.2) is 18.4 Å². The van der Waals surface area contributed by atoms with E-state index in [0.29, 0.717) is 0 Å². The Labute approximate surface area is 90.2 Å². The average molecular weight is 273 g/mol. The maximum Gasteiger partial charge on any atom is 0.341 e. The molecule has 0 aliphatic rings. The first-order chi connectivity index (χ1) is 6.71. The number of sulfone groups is 1. The summed E-state index contributed by atoms with van der Waals surface area (Å²) in [5, 5.41) is -0.527. The fourth-order valence-electron chi connectivity index (χ4n) is 0.740. The molecule has 0 fully saturated rings. The summed E-state index contributed by atoms with van der Waals surface area (Å²) in [4.78, 5) is 23.8. The van der Waals surface area contributed by atoms with Crippen LogP contribution in [0.1, 0.15) is 0 Å². The molecule has 1 aromatic heterocycles. The Kier molecular flexibility index (Phi) is 3.47. The summed E-state index contributed by atoms with van der Waals surface area (Å²) >= 11 is 5.42. The third-order valence-corrected chi connectivity index (χ3v) is 4.88. The molecular formula is C5H6ClN2O5PS. The topological polar surface area (TPSA) is 117 Å². The Morgan fingerprint density at radius 1 is 1.33 bits per heavy atom. The minimum absolute atomic E-state index is 0.130. The van der Waals surface area contributed by atoms with Crippen molar-refractivity contribution >= 4 is 29.0 Å². The van der Waals surface area contributed by atoms with Crippen LogP contribution in [0.2, 0.25) is 5.02 Å². The van der Waals surface area contributed by atoms with Gasteiger partial charge in [0.2, 0.25) is 15.0 Å². The molecule has 0 unspecified atom stereocenters. The van der Waals surface area contributed by atoms with E-state index in [1.54, 1.807) is 0 Å². The van der Waals surface area contributed by atoms with Crippen LogP contribution in [0.15, 0.2) is 17.6 Å². The fourth-order valence-corrected chi connectivity index (χ4v) is 3.50. The monoisotopic (exact) mass is 272 g/mol. The van der Waals surface area contributed by atoms with E-state index in [0.717, 1.165) is 12.4 Å². The summed E-state index contributed by atoms with van der Waals surface area (Å²) in [5.74, 6) is 0. The highest BCUT2D eigenvalue weighted by molar-refractivity contribution is 7.97. The lowest BCUT2D eigenvalue weighted by atomic mass is 10.7. The smallest absolute Gasteiger partial charge is 0.324 e. The lowest BCUT2D eigenvalue weighted by molar-refractivity contribution is 0.378. The third kappa shape index (κ3) is 3.84. The van der Waals surface area contributed by atoms with Crippen LogP contribution in [0.25, 0.3) is 0 Å². The van der Waals surface area contributed by atoms with Crippen molar-refractivity contribution in [3.05, 3.63) is 17.4 Å². The van der Waals surface area contributed by atoms with Crippen LogP contribution < -0.4 is 0 Å². The summed E-state index contributed by atoms with van der Waals surface area (Å²) in [6.45, 7) is 0. The van der Waals surface area contributed by atoms with E-state index < -0.39 is 28.1 Å². The molecule has 0 radical (unpaired) electrons. The van der Waals surface area contributed by atoms with Crippen molar-refractivity contribution in [1.82, 2.24) is 9.97 Å². The largest absolute Gasteiger partial charge is 0.341 e. The molecule has 15 heavy (non-hydrogen) atoms. The van der Waals surface area contributed by atoms with Gasteiger partial charge in [-0.1, -0.05) is 11.6 Å². The molecule has 0 amide bonds. The molecule has 1 aromatic rings. The van der Waals surface area contributed by atoms with Crippen molar-refractivity contribution in [2.24, 2.45) is 0 Å². The molecule has 7 nitrogen and oxygen atoms in total. The van der Waals surface area contributed by atoms with Gasteiger partial charge in [-0.15, -0.1) is 0 Å². The van der Waals surface area contributed by atoms with E-state index in [1.807, 2.05) is 0 Å². The van der Waals surface area contributed by atoms with Gasteiger partial charge < -0.3 is 9.79 Å². The van der Waals surface area contributed by atoms with Crippen LogP contribution in [-0.4, -0.2) is 33.7 Å². The van der Waals surface area contributed by atoms with Crippen molar-refractivity contribution in [1.29, 1.82) is 0 Å². The molecule has 2 N–H and O–H groups in total. The highest BCUT2D eigenvalue weighted by Crippen LogP contribution is 2.37. The van der Waals surface area contributed by atoms with E-state index in [1.165, 1.54) is 0 Å². The van der Waals surface area contributed by atoms with Crippen LogP contribution in [0.4, 0.5) is 0 Å². The molecule has 0 atom stereocenters. The first kappa shape index (κ1) is 12.5. The van der Waals surface area contributed by atoms with Crippen molar-refractivity contribution in [2.45, 2.75) is 5.16 Å². The summed E-state index contributed by atoms with van der Waals surface area (Å²) in [6, 6.07) is 0. The second-order valence-electron chi connectivity index (χ2n) is 2.59. The van der Waals surface area contributed by atoms with Gasteiger partial charge in [-0.3, -0.25) is 4.57 Å². The molecule has 1 heterocycles. The predicted octanol–water partition coefficient (Wildman–Crippen LogP) is 0.0389. The molecular weight excluding hydrogens is 267 g/mol. The minimum atomic E-state index is -4.67. The molecule has 0 saturated carbocycles. The quantitative estimate of drug-likeness (QED) is 0.589. The van der Waals surface area contributed by atoms with Gasteiger partial charge in [0.15, 0.2) is 5.49 Å². The number of rotatable bonds is 3. The minimum Gasteiger partial charge on any atom is -0.324 e. The summed E-state index contributed by atoms with van der Waals surface area (Å²) < 4.78 is 33.1. The molecule has 0 spiro atoms. The SMILES string of the molecule is O=P(O)(O)CS(=O)(=O)c1ncc(Cl)cn1. The summed E-state index contributed by atoms with van der Waals surface area (Å²) in [7, 11) is -8.84. The zero-order valence-electron chi connectivity index (χ0n) is 7.11. The molecule has 1 rings (SSSR count). The Hall–Kier alpha value is -0.530. The number of hydrogen-bond acceptors (Lipinski definition) is 5. The Bertz CT molecular complexity index is 495. The first-order valence-corrected chi connectivity index (χ1v) is 7.28. The normalized spacial score (nSPS) is 12.7. The van der Waals surface area contributed by atoms with Crippen molar-refractivity contribution in [3.63, 3.8) is 0 Å². The molecule has 10 heteroatoms. The van der Waals surface area contributed by atoms with Gasteiger partial charge in [0.25, 0.3) is 0 Å². The van der Waals surface area contributed by atoms with Gasteiger partial charge >= 0.3 is 7.60 Å². The summed E-state index contributed by atoms with van der Waals surface area (Å²) in [6.07, 6.45) is 2.06. The Balaban J connectivity index is 3.07. The van der Waals surface area contributed by atoms with Gasteiger partial charge in [0.05, 0.1) is 17.4 Å². The molecule has 0 aliphatic carbocycles. The zero-order valence-corrected chi connectivity index (χ0v) is 9.58. The number of aromatic nitrogens is 2. The lowest BCUT2D eigenvalue weighted by Gasteiger charge is -2.03. The van der Waals surface area contributed by atoms with E-state index >= 15 is 0 Å². The van der Waals surface area contributed by atoms with Crippen molar-refractivity contribution in [2.75, 3.05) is 5.49 Å². The third-order valence-electron chi connectivity index (χ3n) is 1.21. The number of nitrogens with zero attached hydrogens (tertiary/aromatic N) is 2. The van der Waals surface area contributed by atoms with E-state index in [4.69, 9.17) is 21.4 Å². The molecule has 0 saturated heterocycles. The highest BCUT2D eigenvalue weighted by atomic mass is 35.5. The Morgan fingerprint density at radius 3 is 2.20 bits per heavy atom. The molecule has 0 aliphatic heterocycles. The first-order valence-electron chi connectivity index (χ1n) is 3.45. The second kappa shape index (κ2) is 4.15. The van der Waals surface area contributed by atoms with Crippen LogP contribution >= 0.6 is 19.2 Å². The molecule has 84 valence electrons. The Morgan fingerprint density at radius 2 is 1.80 bits per heavy atom. The zero-order chi connectivity index (χ0) is 11.7. The van der Waals surface area contributed by atoms with Crippen LogP contribution in [0.5, 0.6) is 0 Å². The van der Waals surface area contributed by atoms with E-state index in [-0.39, 0.29) is 5.02 Å². The van der Waals surface area contributed by atoms with Gasteiger partial charge in [-0.2, -0.15) is 0 Å². The average Bonchev–Trinajstić information content (AvgIpc) is 2.00. The molecule has 0 bridgehead atoms. The van der Waals surface area contributed by atoms with E-state index in [2.05, 4.69) is 9.97 Å². The maximum absolute atomic E-state index is 11.3. The maximum atomic E-state index is 11.3. The van der Waals surface area contributed by atoms with Crippen LogP contribution in [0, 0.1) is 0 Å². The van der Waals surface area contributed by atoms with E-state index in [9.17, 15) is 13.0 Å². The van der Waals surface area contributed by atoms with Gasteiger partial charge in [0, 0.05) is 0 Å². The van der Waals surface area contributed by atoms with Gasteiger partial charge in [-0.05, 0) is 0 Å². The van der Waals surface area contributed by atoms with Crippen molar-refractivity contribution < 1.29 is 22.8 Å².